The molecule has 0 amide bonds. The highest BCUT2D eigenvalue weighted by atomic mass is 32.2. The van der Waals surface area contributed by atoms with Gasteiger partial charge in [-0.15, -0.1) is 0 Å². The molecule has 0 aromatic carbocycles. The van der Waals surface area contributed by atoms with Crippen molar-refractivity contribution in [2.24, 2.45) is 11.1 Å². The smallest absolute Gasteiger partial charge is 0.00998 e. The first kappa shape index (κ1) is 13.3. The molecule has 1 aliphatic rings. The van der Waals surface area contributed by atoms with Crippen LogP contribution in [0.5, 0.6) is 0 Å². The van der Waals surface area contributed by atoms with Gasteiger partial charge in [-0.25, -0.2) is 0 Å². The van der Waals surface area contributed by atoms with Crippen LogP contribution in [0.15, 0.2) is 0 Å². The number of rotatable bonds is 3. The summed E-state index contributed by atoms with van der Waals surface area (Å²) in [5.41, 5.74) is 6.43. The van der Waals surface area contributed by atoms with Crippen molar-refractivity contribution in [2.45, 2.75) is 39.7 Å². The molecule has 2 nitrogen and oxygen atoms in total. The lowest BCUT2D eigenvalue weighted by molar-refractivity contribution is 0.238. The van der Waals surface area contributed by atoms with Crippen LogP contribution in [-0.2, 0) is 0 Å². The van der Waals surface area contributed by atoms with Gasteiger partial charge in [0.25, 0.3) is 0 Å². The summed E-state index contributed by atoms with van der Waals surface area (Å²) in [6, 6.07) is 0.327. The average Bonchev–Trinajstić information content (AvgIpc) is 2.40. The summed E-state index contributed by atoms with van der Waals surface area (Å²) in [6.07, 6.45) is 2.48. The van der Waals surface area contributed by atoms with E-state index in [1.165, 1.54) is 37.6 Å². The van der Waals surface area contributed by atoms with Crippen molar-refractivity contribution in [1.82, 2.24) is 4.90 Å². The first-order valence-corrected chi connectivity index (χ1v) is 7.21. The maximum Gasteiger partial charge on any atom is 0.00998 e. The third-order valence-electron chi connectivity index (χ3n) is 3.18. The molecule has 0 aromatic rings. The molecule has 15 heavy (non-hydrogen) atoms. The number of nitrogens with zero attached hydrogens (tertiary/aromatic N) is 1. The minimum Gasteiger partial charge on any atom is -0.327 e. The molecular weight excluding hydrogens is 204 g/mol. The van der Waals surface area contributed by atoms with E-state index in [0.717, 1.165) is 6.42 Å². The second-order valence-corrected chi connectivity index (χ2v) is 6.79. The summed E-state index contributed by atoms with van der Waals surface area (Å²) >= 11 is 2.09. The molecule has 1 aliphatic heterocycles. The fourth-order valence-electron chi connectivity index (χ4n) is 1.78. The first-order valence-electron chi connectivity index (χ1n) is 6.06. The summed E-state index contributed by atoms with van der Waals surface area (Å²) in [4.78, 5) is 2.58. The molecule has 0 aliphatic carbocycles. The van der Waals surface area contributed by atoms with Gasteiger partial charge in [-0.1, -0.05) is 20.8 Å². The van der Waals surface area contributed by atoms with E-state index >= 15 is 0 Å². The van der Waals surface area contributed by atoms with Crippen LogP contribution in [0.3, 0.4) is 0 Å². The highest BCUT2D eigenvalue weighted by Crippen LogP contribution is 2.20. The van der Waals surface area contributed by atoms with E-state index in [1.54, 1.807) is 0 Å². The fraction of sp³-hybridized carbons (Fsp3) is 1.00. The lowest BCUT2D eigenvalue weighted by atomic mass is 9.85. The zero-order valence-electron chi connectivity index (χ0n) is 10.5. The number of hydrogen-bond donors (Lipinski definition) is 1. The van der Waals surface area contributed by atoms with Crippen molar-refractivity contribution < 1.29 is 0 Å². The van der Waals surface area contributed by atoms with Crippen LogP contribution in [0.4, 0.5) is 0 Å². The van der Waals surface area contributed by atoms with Gasteiger partial charge in [-0.2, -0.15) is 11.8 Å². The van der Waals surface area contributed by atoms with E-state index in [2.05, 4.69) is 37.4 Å². The van der Waals surface area contributed by atoms with Gasteiger partial charge in [0.15, 0.2) is 0 Å². The molecule has 3 heteroatoms. The largest absolute Gasteiger partial charge is 0.327 e. The highest BCUT2D eigenvalue weighted by molar-refractivity contribution is 7.99. The van der Waals surface area contributed by atoms with Crippen molar-refractivity contribution in [2.75, 3.05) is 31.1 Å². The SMILES string of the molecule is CC(C)(C)C(N)CCN1CCCSCC1. The maximum atomic E-state index is 6.18. The molecule has 1 fully saturated rings. The molecule has 0 spiro atoms. The van der Waals surface area contributed by atoms with E-state index in [-0.39, 0.29) is 5.41 Å². The Morgan fingerprint density at radius 3 is 2.67 bits per heavy atom. The van der Waals surface area contributed by atoms with Gasteiger partial charge in [0.1, 0.15) is 0 Å². The lowest BCUT2D eigenvalue weighted by Crippen LogP contribution is -2.39. The molecule has 1 saturated heterocycles. The summed E-state index contributed by atoms with van der Waals surface area (Å²) in [5.74, 6) is 2.63. The Hall–Kier alpha value is 0.270. The number of nitrogens with two attached hydrogens (primary N) is 1. The number of hydrogen-bond acceptors (Lipinski definition) is 3. The predicted molar refractivity (Wildman–Crippen MR) is 70.4 cm³/mol. The molecule has 1 atom stereocenters. The van der Waals surface area contributed by atoms with E-state index in [4.69, 9.17) is 5.73 Å². The summed E-state index contributed by atoms with van der Waals surface area (Å²) in [7, 11) is 0. The van der Waals surface area contributed by atoms with E-state index in [1.807, 2.05) is 0 Å². The van der Waals surface area contributed by atoms with Crippen LogP contribution in [0.2, 0.25) is 0 Å². The summed E-state index contributed by atoms with van der Waals surface area (Å²) in [6.45, 7) is 10.4. The van der Waals surface area contributed by atoms with Crippen LogP contribution in [0.1, 0.15) is 33.6 Å². The third-order valence-corrected chi connectivity index (χ3v) is 4.23. The maximum absolute atomic E-state index is 6.18. The standard InChI is InChI=1S/C12H26N2S/c1-12(2,3)11(13)5-7-14-6-4-9-15-10-8-14/h11H,4-10,13H2,1-3H3. The Kier molecular flexibility index (Phi) is 5.44. The van der Waals surface area contributed by atoms with Crippen molar-refractivity contribution in [3.05, 3.63) is 0 Å². The van der Waals surface area contributed by atoms with Gasteiger partial charge in [0.2, 0.25) is 0 Å². The van der Waals surface area contributed by atoms with E-state index in [9.17, 15) is 0 Å². The molecule has 0 aromatic heterocycles. The van der Waals surface area contributed by atoms with Crippen molar-refractivity contribution in [3.8, 4) is 0 Å². The minimum absolute atomic E-state index is 0.251. The molecule has 1 rings (SSSR count). The highest BCUT2D eigenvalue weighted by Gasteiger charge is 2.21. The quantitative estimate of drug-likeness (QED) is 0.806. The van der Waals surface area contributed by atoms with Gasteiger partial charge in [-0.3, -0.25) is 0 Å². The topological polar surface area (TPSA) is 29.3 Å². The second-order valence-electron chi connectivity index (χ2n) is 5.57. The van der Waals surface area contributed by atoms with Gasteiger partial charge >= 0.3 is 0 Å². The third kappa shape index (κ3) is 5.23. The van der Waals surface area contributed by atoms with Gasteiger partial charge in [-0.05, 0) is 37.1 Å². The van der Waals surface area contributed by atoms with Crippen molar-refractivity contribution in [1.29, 1.82) is 0 Å². The first-order chi connectivity index (χ1) is 7.00. The average molecular weight is 230 g/mol. The molecule has 0 saturated carbocycles. The van der Waals surface area contributed by atoms with Gasteiger partial charge in [0.05, 0.1) is 0 Å². The Bertz CT molecular complexity index is 169. The lowest BCUT2D eigenvalue weighted by Gasteiger charge is -2.29. The van der Waals surface area contributed by atoms with Crippen molar-refractivity contribution >= 4 is 11.8 Å². The summed E-state index contributed by atoms with van der Waals surface area (Å²) < 4.78 is 0. The van der Waals surface area contributed by atoms with Crippen LogP contribution in [0.25, 0.3) is 0 Å². The normalized spacial score (nSPS) is 22.4. The van der Waals surface area contributed by atoms with Gasteiger partial charge in [0, 0.05) is 18.3 Å². The van der Waals surface area contributed by atoms with Crippen LogP contribution in [-0.4, -0.2) is 42.1 Å². The van der Waals surface area contributed by atoms with Gasteiger partial charge < -0.3 is 10.6 Å². The zero-order valence-corrected chi connectivity index (χ0v) is 11.3. The molecule has 0 radical (unpaired) electrons. The van der Waals surface area contributed by atoms with Crippen molar-refractivity contribution in [3.63, 3.8) is 0 Å². The minimum atomic E-state index is 0.251. The zero-order chi connectivity index (χ0) is 11.3. The Balaban J connectivity index is 2.23. The molecule has 90 valence electrons. The fourth-order valence-corrected chi connectivity index (χ4v) is 2.70. The molecule has 1 heterocycles. The monoisotopic (exact) mass is 230 g/mol. The van der Waals surface area contributed by atoms with Crippen LogP contribution in [0, 0.1) is 5.41 Å². The van der Waals surface area contributed by atoms with E-state index in [0.29, 0.717) is 6.04 Å². The molecular formula is C12H26N2S. The Morgan fingerprint density at radius 2 is 2.00 bits per heavy atom. The molecule has 1 unspecified atom stereocenters. The number of thioether (sulfide) groups is 1. The molecule has 2 N–H and O–H groups in total. The second kappa shape index (κ2) is 6.12. The molecule has 0 bridgehead atoms. The van der Waals surface area contributed by atoms with E-state index < -0.39 is 0 Å². The predicted octanol–water partition coefficient (Wildman–Crippen LogP) is 2.19. The van der Waals surface area contributed by atoms with Crippen LogP contribution >= 0.6 is 11.8 Å². The Labute approximate surface area is 99.0 Å². The Morgan fingerprint density at radius 1 is 1.27 bits per heavy atom. The van der Waals surface area contributed by atoms with Crippen LogP contribution < -0.4 is 5.73 Å². The summed E-state index contributed by atoms with van der Waals surface area (Å²) in [5, 5.41) is 0.